The summed E-state index contributed by atoms with van der Waals surface area (Å²) in [4.78, 5) is 33.7. The van der Waals surface area contributed by atoms with E-state index >= 15 is 0 Å². The van der Waals surface area contributed by atoms with Crippen LogP contribution in [0.1, 0.15) is 12.2 Å². The Bertz CT molecular complexity index is 1440. The lowest BCUT2D eigenvalue weighted by molar-refractivity contribution is 0.0449. The summed E-state index contributed by atoms with van der Waals surface area (Å²) in [6, 6.07) is 18.2. The summed E-state index contributed by atoms with van der Waals surface area (Å²) in [5, 5.41) is 8.03. The van der Waals surface area contributed by atoms with Crippen LogP contribution in [0.2, 0.25) is 0 Å². The zero-order chi connectivity index (χ0) is 24.5. The number of ether oxygens (including phenoxy) is 1. The average Bonchev–Trinajstić information content (AvgIpc) is 3.55. The van der Waals surface area contributed by atoms with Crippen molar-refractivity contribution in [3.8, 4) is 16.8 Å². The molecule has 2 fully saturated rings. The van der Waals surface area contributed by atoms with Crippen LogP contribution in [0.4, 0.5) is 4.79 Å². The summed E-state index contributed by atoms with van der Waals surface area (Å²) in [6.07, 6.45) is 3.32. The number of nitrogens with zero attached hydrogens (tertiary/aromatic N) is 5. The van der Waals surface area contributed by atoms with Crippen LogP contribution in [-0.2, 0) is 11.2 Å². The lowest BCUT2D eigenvalue weighted by Gasteiger charge is -2.31. The predicted octanol–water partition coefficient (Wildman–Crippen LogP) is 3.09. The normalized spacial score (nSPS) is 18.2. The molecule has 4 heterocycles. The van der Waals surface area contributed by atoms with E-state index in [4.69, 9.17) is 4.74 Å². The number of pyridine rings is 1. The highest BCUT2D eigenvalue weighted by atomic mass is 16.5. The van der Waals surface area contributed by atoms with Gasteiger partial charge in [-0.25, -0.2) is 19.3 Å². The molecule has 9 heteroatoms. The molecule has 2 amide bonds. The Kier molecular flexibility index (Phi) is 5.98. The molecule has 2 saturated heterocycles. The van der Waals surface area contributed by atoms with Crippen LogP contribution in [0.5, 0.6) is 0 Å². The minimum Gasteiger partial charge on any atom is -0.378 e. The fourth-order valence-electron chi connectivity index (χ4n) is 5.17. The fourth-order valence-corrected chi connectivity index (χ4v) is 5.17. The highest BCUT2D eigenvalue weighted by molar-refractivity contribution is 5.84. The van der Waals surface area contributed by atoms with Gasteiger partial charge < -0.3 is 14.5 Å². The Hall–Kier alpha value is -3.98. The number of aromatic nitrogens is 4. The van der Waals surface area contributed by atoms with Gasteiger partial charge in [0.05, 0.1) is 24.4 Å². The first-order valence-corrected chi connectivity index (χ1v) is 12.4. The number of fused-ring (bicyclic) bond motifs is 1. The summed E-state index contributed by atoms with van der Waals surface area (Å²) in [5.74, 6) is 0.946. The third-order valence-corrected chi connectivity index (χ3v) is 7.12. The van der Waals surface area contributed by atoms with Crippen molar-refractivity contribution >= 4 is 16.9 Å². The third-order valence-electron chi connectivity index (χ3n) is 7.12. The van der Waals surface area contributed by atoms with Gasteiger partial charge in [0.25, 0.3) is 0 Å². The average molecular weight is 485 g/mol. The van der Waals surface area contributed by atoms with Crippen LogP contribution in [0.3, 0.4) is 0 Å². The fraction of sp³-hybridized carbons (Fsp3) is 0.333. The maximum absolute atomic E-state index is 12.8. The molecule has 2 aromatic carbocycles. The van der Waals surface area contributed by atoms with Crippen LogP contribution >= 0.6 is 0 Å². The molecule has 1 N–H and O–H groups in total. The summed E-state index contributed by atoms with van der Waals surface area (Å²) < 4.78 is 7.00. The zero-order valence-electron chi connectivity index (χ0n) is 20.0. The van der Waals surface area contributed by atoms with E-state index in [0.29, 0.717) is 45.1 Å². The highest BCUT2D eigenvalue weighted by Crippen LogP contribution is 2.26. The lowest BCUT2D eigenvalue weighted by Crippen LogP contribution is -2.47. The number of aromatic amines is 1. The predicted molar refractivity (Wildman–Crippen MR) is 136 cm³/mol. The van der Waals surface area contributed by atoms with Gasteiger partial charge in [-0.3, -0.25) is 4.98 Å². The maximum atomic E-state index is 12.8. The third kappa shape index (κ3) is 4.37. The van der Waals surface area contributed by atoms with Gasteiger partial charge in [0.15, 0.2) is 0 Å². The number of urea groups is 1. The van der Waals surface area contributed by atoms with Crippen molar-refractivity contribution in [1.82, 2.24) is 29.5 Å². The van der Waals surface area contributed by atoms with Gasteiger partial charge in [-0.2, -0.15) is 5.10 Å². The minimum absolute atomic E-state index is 0.0831. The second-order valence-electron chi connectivity index (χ2n) is 9.42. The zero-order valence-corrected chi connectivity index (χ0v) is 20.0. The van der Waals surface area contributed by atoms with Crippen LogP contribution in [0.25, 0.3) is 27.7 Å². The molecule has 2 aliphatic rings. The summed E-state index contributed by atoms with van der Waals surface area (Å²) in [5.41, 5.74) is 3.59. The number of likely N-dealkylation sites (tertiary alicyclic amines) is 1. The van der Waals surface area contributed by atoms with Crippen LogP contribution in [0, 0.1) is 5.92 Å². The number of benzene rings is 2. The molecule has 0 aliphatic carbocycles. The lowest BCUT2D eigenvalue weighted by atomic mass is 10.0. The van der Waals surface area contributed by atoms with Crippen molar-refractivity contribution < 1.29 is 9.53 Å². The van der Waals surface area contributed by atoms with E-state index in [0.717, 1.165) is 40.7 Å². The molecule has 0 bridgehead atoms. The molecule has 2 aliphatic heterocycles. The second kappa shape index (κ2) is 9.58. The largest absolute Gasteiger partial charge is 0.378 e. The molecular weight excluding hydrogens is 456 g/mol. The molecule has 184 valence electrons. The molecule has 1 atom stereocenters. The van der Waals surface area contributed by atoms with Gasteiger partial charge in [-0.05, 0) is 47.7 Å². The first kappa shape index (κ1) is 22.5. The number of rotatable bonds is 4. The monoisotopic (exact) mass is 484 g/mol. The van der Waals surface area contributed by atoms with Crippen molar-refractivity contribution in [2.24, 2.45) is 5.92 Å². The van der Waals surface area contributed by atoms with E-state index in [1.807, 2.05) is 46.2 Å². The maximum Gasteiger partial charge on any atom is 0.347 e. The Morgan fingerprint density at radius 2 is 1.81 bits per heavy atom. The van der Waals surface area contributed by atoms with Gasteiger partial charge in [0.2, 0.25) is 0 Å². The standard InChI is InChI=1S/C27H28N6O3/c34-26-30-29-25(16-19-9-11-32(18-19)27(35)31-12-14-36-15-13-31)33(26)23-7-5-20(6-8-23)22-4-3-21-2-1-10-28-24(21)17-22/h1-8,10,17,19H,9,11-16,18H2,(H,30,34)/t19-/m0/s1. The number of hydrogen-bond donors (Lipinski definition) is 1. The first-order chi connectivity index (χ1) is 17.7. The van der Waals surface area contributed by atoms with Crippen LogP contribution in [0.15, 0.2) is 65.6 Å². The van der Waals surface area contributed by atoms with Crippen molar-refractivity contribution in [2.75, 3.05) is 39.4 Å². The SMILES string of the molecule is O=C(N1CCOCC1)N1CC[C@@H](Cc2n[nH]c(=O)n2-c2ccc(-c3ccc4cccnc4c3)cc2)C1. The first-order valence-electron chi connectivity index (χ1n) is 12.4. The topological polar surface area (TPSA) is 96.4 Å². The Balaban J connectivity index is 1.17. The second-order valence-corrected chi connectivity index (χ2v) is 9.42. The smallest absolute Gasteiger partial charge is 0.347 e. The minimum atomic E-state index is -0.257. The molecule has 4 aromatic rings. The van der Waals surface area contributed by atoms with E-state index in [1.165, 1.54) is 0 Å². The van der Waals surface area contributed by atoms with E-state index in [-0.39, 0.29) is 17.6 Å². The van der Waals surface area contributed by atoms with Crippen molar-refractivity contribution in [1.29, 1.82) is 0 Å². The molecule has 0 unspecified atom stereocenters. The van der Waals surface area contributed by atoms with Gasteiger partial charge in [0.1, 0.15) is 5.82 Å². The van der Waals surface area contributed by atoms with Crippen LogP contribution in [-0.4, -0.2) is 75.0 Å². The van der Waals surface area contributed by atoms with Crippen molar-refractivity contribution in [2.45, 2.75) is 12.8 Å². The van der Waals surface area contributed by atoms with E-state index in [2.05, 4.69) is 33.4 Å². The highest BCUT2D eigenvalue weighted by Gasteiger charge is 2.31. The molecule has 0 spiro atoms. The molecular formula is C27H28N6O3. The molecule has 0 saturated carbocycles. The van der Waals surface area contributed by atoms with Gasteiger partial charge in [-0.15, -0.1) is 0 Å². The van der Waals surface area contributed by atoms with E-state index in [9.17, 15) is 9.59 Å². The Labute approximate surface area is 208 Å². The molecule has 36 heavy (non-hydrogen) atoms. The quantitative estimate of drug-likeness (QED) is 0.480. The van der Waals surface area contributed by atoms with Gasteiger partial charge in [0, 0.05) is 44.2 Å². The van der Waals surface area contributed by atoms with Gasteiger partial charge >= 0.3 is 11.7 Å². The van der Waals surface area contributed by atoms with Crippen molar-refractivity contribution in [3.63, 3.8) is 0 Å². The number of morpholine rings is 1. The number of amides is 2. The van der Waals surface area contributed by atoms with Gasteiger partial charge in [-0.1, -0.05) is 30.3 Å². The number of hydrogen-bond acceptors (Lipinski definition) is 5. The number of carbonyl (C=O) groups excluding carboxylic acids is 1. The van der Waals surface area contributed by atoms with Crippen molar-refractivity contribution in [3.05, 3.63) is 77.1 Å². The Morgan fingerprint density at radius 1 is 1.00 bits per heavy atom. The summed E-state index contributed by atoms with van der Waals surface area (Å²) in [7, 11) is 0. The number of nitrogens with one attached hydrogen (secondary N) is 1. The molecule has 0 radical (unpaired) electrons. The number of H-pyrrole nitrogens is 1. The molecule has 2 aromatic heterocycles. The van der Waals surface area contributed by atoms with Crippen LogP contribution < -0.4 is 5.69 Å². The van der Waals surface area contributed by atoms with E-state index in [1.54, 1.807) is 10.8 Å². The summed E-state index contributed by atoms with van der Waals surface area (Å²) in [6.45, 7) is 3.88. The van der Waals surface area contributed by atoms with E-state index < -0.39 is 0 Å². The molecule has 9 nitrogen and oxygen atoms in total. The Morgan fingerprint density at radius 3 is 2.64 bits per heavy atom. The summed E-state index contributed by atoms with van der Waals surface area (Å²) >= 11 is 0. The number of carbonyl (C=O) groups is 1. The molecule has 6 rings (SSSR count).